The Morgan fingerprint density at radius 2 is 1.84 bits per heavy atom. The molecule has 2 aromatic carbocycles. The van der Waals surface area contributed by atoms with E-state index in [2.05, 4.69) is 5.32 Å². The molecule has 0 saturated carbocycles. The van der Waals surface area contributed by atoms with Crippen LogP contribution in [0.4, 0.5) is 0 Å². The number of nitrogen functional groups attached to an aromatic ring is 1. The molecule has 2 aromatic heterocycles. The normalized spacial score (nSPS) is 10.9. The van der Waals surface area contributed by atoms with Gasteiger partial charge in [-0.1, -0.05) is 41.9 Å². The Bertz CT molecular complexity index is 1240. The Balaban J connectivity index is 1.83. The van der Waals surface area contributed by atoms with Crippen LogP contribution in [0.15, 0.2) is 54.6 Å². The van der Waals surface area contributed by atoms with Crippen LogP contribution in [-0.2, 0) is 11.2 Å². The van der Waals surface area contributed by atoms with Gasteiger partial charge in [0.15, 0.2) is 11.5 Å². The van der Waals surface area contributed by atoms with Gasteiger partial charge in [0.25, 0.3) is 0 Å². The van der Waals surface area contributed by atoms with Gasteiger partial charge in [-0.15, -0.1) is 0 Å². The molecule has 4 rings (SSSR count). The summed E-state index contributed by atoms with van der Waals surface area (Å²) < 4.78 is 7.50. The minimum absolute atomic E-state index is 0.0894. The Morgan fingerprint density at radius 1 is 1.13 bits per heavy atom. The largest absolute Gasteiger partial charge is 0.439 e. The average molecular weight is 436 g/mol. The highest BCUT2D eigenvalue weighted by atomic mass is 35.5. The van der Waals surface area contributed by atoms with Crippen molar-refractivity contribution in [2.75, 3.05) is 12.4 Å². The number of nitrogens with zero attached hydrogens (tertiary/aromatic N) is 3. The Kier molecular flexibility index (Phi) is 5.77. The lowest BCUT2D eigenvalue weighted by Gasteiger charge is -2.08. The number of amides is 1. The first kappa shape index (κ1) is 20.7. The van der Waals surface area contributed by atoms with Crippen LogP contribution >= 0.6 is 11.6 Å². The van der Waals surface area contributed by atoms with Crippen molar-refractivity contribution in [3.8, 4) is 23.0 Å². The van der Waals surface area contributed by atoms with E-state index in [1.54, 1.807) is 24.3 Å². The third-order valence-corrected chi connectivity index (χ3v) is 5.16. The first-order valence-corrected chi connectivity index (χ1v) is 10.2. The van der Waals surface area contributed by atoms with Crippen molar-refractivity contribution in [2.45, 2.75) is 20.3 Å². The summed E-state index contributed by atoms with van der Waals surface area (Å²) >= 11 is 5.97. The van der Waals surface area contributed by atoms with Crippen molar-refractivity contribution in [1.82, 2.24) is 20.0 Å². The Hall–Kier alpha value is -3.58. The summed E-state index contributed by atoms with van der Waals surface area (Å²) in [6.07, 6.45) is 0.531. The van der Waals surface area contributed by atoms with E-state index >= 15 is 0 Å². The van der Waals surface area contributed by atoms with Gasteiger partial charge in [0.1, 0.15) is 5.75 Å². The molecule has 0 radical (unpaired) electrons. The predicted octanol–water partition coefficient (Wildman–Crippen LogP) is 4.24. The molecular formula is C23H22ClN5O2. The van der Waals surface area contributed by atoms with Gasteiger partial charge in [0.2, 0.25) is 11.8 Å². The van der Waals surface area contributed by atoms with Crippen molar-refractivity contribution in [3.05, 3.63) is 70.9 Å². The summed E-state index contributed by atoms with van der Waals surface area (Å²) in [5, 5.41) is 4.26. The first-order valence-electron chi connectivity index (χ1n) is 9.84. The molecule has 0 fully saturated rings. The number of nitrogens with two attached hydrogens (primary N) is 1. The molecule has 0 aliphatic carbocycles. The summed E-state index contributed by atoms with van der Waals surface area (Å²) in [7, 11) is 0. The van der Waals surface area contributed by atoms with Crippen LogP contribution in [0.3, 0.4) is 0 Å². The lowest BCUT2D eigenvalue weighted by Crippen LogP contribution is -2.23. The zero-order valence-electron chi connectivity index (χ0n) is 17.2. The number of nitrogens with one attached hydrogen (secondary N) is 1. The molecule has 0 aliphatic rings. The number of carbonyl (C=O) groups excluding carboxylic acids is 1. The van der Waals surface area contributed by atoms with E-state index in [0.29, 0.717) is 41.1 Å². The van der Waals surface area contributed by atoms with E-state index in [4.69, 9.17) is 32.1 Å². The maximum absolute atomic E-state index is 11.3. The molecule has 0 aliphatic heterocycles. The molecule has 0 saturated heterocycles. The highest BCUT2D eigenvalue weighted by molar-refractivity contribution is 6.30. The quantitative estimate of drug-likeness (QED) is 0.441. The van der Waals surface area contributed by atoms with E-state index in [0.717, 1.165) is 22.2 Å². The molecule has 4 aromatic rings. The molecular weight excluding hydrogens is 414 g/mol. The lowest BCUT2D eigenvalue weighted by atomic mass is 10.1. The zero-order valence-corrected chi connectivity index (χ0v) is 18.0. The Labute approximate surface area is 184 Å². The number of benzene rings is 2. The highest BCUT2D eigenvalue weighted by Gasteiger charge is 2.21. The number of fused-ring (bicyclic) bond motifs is 1. The van der Waals surface area contributed by atoms with Gasteiger partial charge in [0.05, 0.1) is 5.69 Å². The number of hydrogen-bond acceptors (Lipinski definition) is 5. The van der Waals surface area contributed by atoms with Crippen molar-refractivity contribution in [2.24, 2.45) is 0 Å². The number of aromatic nitrogens is 3. The fraction of sp³-hybridized carbons (Fsp3) is 0.174. The molecule has 0 atom stereocenters. The molecule has 1 amide bonds. The zero-order chi connectivity index (χ0) is 22.0. The van der Waals surface area contributed by atoms with Crippen molar-refractivity contribution >= 4 is 28.5 Å². The van der Waals surface area contributed by atoms with Gasteiger partial charge in [-0.05, 0) is 31.2 Å². The van der Waals surface area contributed by atoms with E-state index in [1.807, 2.05) is 37.3 Å². The second kappa shape index (κ2) is 8.65. The molecule has 2 heterocycles. The Morgan fingerprint density at radius 3 is 2.52 bits per heavy atom. The van der Waals surface area contributed by atoms with Crippen molar-refractivity contribution < 1.29 is 9.53 Å². The van der Waals surface area contributed by atoms with Gasteiger partial charge in [-0.3, -0.25) is 4.79 Å². The number of aryl methyl sites for hydroxylation is 1. The number of ether oxygens (including phenoxy) is 1. The summed E-state index contributed by atoms with van der Waals surface area (Å²) in [5.41, 5.74) is 3.06. The van der Waals surface area contributed by atoms with Gasteiger partial charge < -0.3 is 15.9 Å². The summed E-state index contributed by atoms with van der Waals surface area (Å²) in [6, 6.07) is 16.7. The van der Waals surface area contributed by atoms with Crippen LogP contribution in [0.25, 0.3) is 22.4 Å². The van der Waals surface area contributed by atoms with Crippen molar-refractivity contribution in [1.29, 1.82) is 0 Å². The standard InChI is InChI=1S/C23H22ClN5O2/c1-14-20-19(12-13-26-15(2)30)27-21(16-6-4-3-5-7-16)28-22(20)29(25)23(14)31-18-10-8-17(24)9-11-18/h3-11H,12-13,25H2,1-2H3,(H,26,30). The molecule has 8 heteroatoms. The maximum atomic E-state index is 11.3. The average Bonchev–Trinajstić information content (AvgIpc) is 3.00. The van der Waals surface area contributed by atoms with Gasteiger partial charge >= 0.3 is 0 Å². The third kappa shape index (κ3) is 4.32. The monoisotopic (exact) mass is 435 g/mol. The number of carbonyl (C=O) groups is 1. The lowest BCUT2D eigenvalue weighted by molar-refractivity contribution is -0.118. The minimum Gasteiger partial charge on any atom is -0.439 e. The number of halogens is 1. The smallest absolute Gasteiger partial charge is 0.223 e. The summed E-state index contributed by atoms with van der Waals surface area (Å²) in [5.74, 6) is 7.97. The minimum atomic E-state index is -0.0894. The summed E-state index contributed by atoms with van der Waals surface area (Å²) in [6.45, 7) is 3.87. The molecule has 31 heavy (non-hydrogen) atoms. The highest BCUT2D eigenvalue weighted by Crippen LogP contribution is 2.35. The third-order valence-electron chi connectivity index (χ3n) is 4.90. The van der Waals surface area contributed by atoms with E-state index in [-0.39, 0.29) is 5.91 Å². The van der Waals surface area contributed by atoms with Crippen LogP contribution in [0, 0.1) is 6.92 Å². The van der Waals surface area contributed by atoms with Crippen LogP contribution in [0.1, 0.15) is 18.2 Å². The summed E-state index contributed by atoms with van der Waals surface area (Å²) in [4.78, 5) is 20.9. The maximum Gasteiger partial charge on any atom is 0.223 e. The van der Waals surface area contributed by atoms with E-state index < -0.39 is 0 Å². The molecule has 158 valence electrons. The number of rotatable bonds is 6. The molecule has 7 nitrogen and oxygen atoms in total. The van der Waals surface area contributed by atoms with Gasteiger partial charge in [-0.2, -0.15) is 0 Å². The predicted molar refractivity (Wildman–Crippen MR) is 122 cm³/mol. The van der Waals surface area contributed by atoms with Gasteiger partial charge in [0, 0.05) is 41.4 Å². The van der Waals surface area contributed by atoms with E-state index in [9.17, 15) is 4.79 Å². The van der Waals surface area contributed by atoms with Crippen molar-refractivity contribution in [3.63, 3.8) is 0 Å². The molecule has 0 unspecified atom stereocenters. The van der Waals surface area contributed by atoms with Crippen LogP contribution < -0.4 is 15.9 Å². The SMILES string of the molecule is CC(=O)NCCc1nc(-c2ccccc2)nc2c1c(C)c(Oc1ccc(Cl)cc1)n2N. The first-order chi connectivity index (χ1) is 14.9. The number of hydrogen-bond donors (Lipinski definition) is 2. The fourth-order valence-corrected chi connectivity index (χ4v) is 3.56. The molecule has 3 N–H and O–H groups in total. The van der Waals surface area contributed by atoms with E-state index in [1.165, 1.54) is 11.6 Å². The molecule has 0 spiro atoms. The molecule has 0 bridgehead atoms. The topological polar surface area (TPSA) is 95.1 Å². The van der Waals surface area contributed by atoms with Crippen LogP contribution in [0.5, 0.6) is 11.6 Å². The van der Waals surface area contributed by atoms with Crippen LogP contribution in [0.2, 0.25) is 5.02 Å². The van der Waals surface area contributed by atoms with Gasteiger partial charge in [-0.25, -0.2) is 14.6 Å². The fourth-order valence-electron chi connectivity index (χ4n) is 3.43. The second-order valence-corrected chi connectivity index (χ2v) is 7.58. The van der Waals surface area contributed by atoms with Crippen LogP contribution in [-0.4, -0.2) is 27.1 Å². The second-order valence-electron chi connectivity index (χ2n) is 7.15.